The maximum Gasteiger partial charge on any atom is 0.307 e. The maximum absolute atomic E-state index is 10.7. The summed E-state index contributed by atoms with van der Waals surface area (Å²) in [6.07, 6.45) is 2.03. The summed E-state index contributed by atoms with van der Waals surface area (Å²) in [6.45, 7) is 3.84. The molecular formula is C9H14O3. The van der Waals surface area contributed by atoms with Crippen LogP contribution in [0.4, 0.5) is 0 Å². The maximum atomic E-state index is 10.7. The Bertz CT molecular complexity index is 208. The average Bonchev–Trinajstić information content (AvgIpc) is 1.96. The fourth-order valence-electron chi connectivity index (χ4n) is 1.95. The lowest BCUT2D eigenvalue weighted by Crippen LogP contribution is -2.48. The van der Waals surface area contributed by atoms with Gasteiger partial charge in [0, 0.05) is 6.42 Å². The van der Waals surface area contributed by atoms with Crippen molar-refractivity contribution in [3.8, 4) is 0 Å². The number of carboxylic acid groups (broad SMARTS) is 1. The molecule has 0 aromatic heterocycles. The standard InChI is InChI=1S/C9H14O3/c1-9(2)6(3-4-10)5-7(9)8(11)12/h4,6-7H,3,5H2,1-2H3,(H,11,12)/t6-,7-/m0/s1. The molecule has 0 aliphatic heterocycles. The highest BCUT2D eigenvalue weighted by Gasteiger charge is 2.51. The molecule has 1 aliphatic rings. The van der Waals surface area contributed by atoms with Crippen molar-refractivity contribution in [2.75, 3.05) is 0 Å². The molecule has 1 aliphatic carbocycles. The second-order valence-corrected chi connectivity index (χ2v) is 4.05. The first-order chi connectivity index (χ1) is 5.50. The number of carboxylic acids is 1. The van der Waals surface area contributed by atoms with Crippen molar-refractivity contribution in [1.82, 2.24) is 0 Å². The van der Waals surface area contributed by atoms with E-state index in [0.717, 1.165) is 6.29 Å². The lowest BCUT2D eigenvalue weighted by Gasteiger charge is -2.49. The van der Waals surface area contributed by atoms with Crippen LogP contribution in [-0.2, 0) is 9.59 Å². The summed E-state index contributed by atoms with van der Waals surface area (Å²) >= 11 is 0. The third kappa shape index (κ3) is 1.24. The fraction of sp³-hybridized carbons (Fsp3) is 0.778. The predicted molar refractivity (Wildman–Crippen MR) is 43.7 cm³/mol. The van der Waals surface area contributed by atoms with E-state index in [1.165, 1.54) is 0 Å². The third-order valence-electron chi connectivity index (χ3n) is 3.15. The van der Waals surface area contributed by atoms with E-state index < -0.39 is 5.97 Å². The molecule has 2 atom stereocenters. The van der Waals surface area contributed by atoms with Crippen LogP contribution in [0.3, 0.4) is 0 Å². The Morgan fingerprint density at radius 3 is 2.58 bits per heavy atom. The van der Waals surface area contributed by atoms with Crippen LogP contribution in [0.15, 0.2) is 0 Å². The molecule has 1 N–H and O–H groups in total. The molecule has 0 radical (unpaired) electrons. The number of carbonyl (C=O) groups is 2. The normalized spacial score (nSPS) is 32.2. The van der Waals surface area contributed by atoms with Crippen molar-refractivity contribution in [3.05, 3.63) is 0 Å². The second-order valence-electron chi connectivity index (χ2n) is 4.05. The van der Waals surface area contributed by atoms with E-state index in [1.807, 2.05) is 13.8 Å². The molecule has 3 heteroatoms. The fourth-order valence-corrected chi connectivity index (χ4v) is 1.95. The second kappa shape index (κ2) is 2.88. The Morgan fingerprint density at radius 2 is 2.25 bits per heavy atom. The molecule has 0 aromatic rings. The van der Waals surface area contributed by atoms with Crippen LogP contribution in [-0.4, -0.2) is 17.4 Å². The van der Waals surface area contributed by atoms with Gasteiger partial charge in [-0.15, -0.1) is 0 Å². The van der Waals surface area contributed by atoms with Crippen molar-refractivity contribution >= 4 is 12.3 Å². The van der Waals surface area contributed by atoms with Crippen molar-refractivity contribution in [3.63, 3.8) is 0 Å². The molecule has 1 rings (SSSR count). The van der Waals surface area contributed by atoms with E-state index in [0.29, 0.717) is 12.8 Å². The van der Waals surface area contributed by atoms with Gasteiger partial charge in [-0.25, -0.2) is 0 Å². The van der Waals surface area contributed by atoms with Crippen molar-refractivity contribution in [1.29, 1.82) is 0 Å². The summed E-state index contributed by atoms with van der Waals surface area (Å²) < 4.78 is 0. The molecule has 0 aromatic carbocycles. The molecule has 0 heterocycles. The number of carbonyl (C=O) groups excluding carboxylic acids is 1. The van der Waals surface area contributed by atoms with E-state index in [-0.39, 0.29) is 17.3 Å². The summed E-state index contributed by atoms with van der Waals surface area (Å²) in [5.74, 6) is -0.735. The van der Waals surface area contributed by atoms with Gasteiger partial charge in [0.25, 0.3) is 0 Å². The molecule has 0 spiro atoms. The van der Waals surface area contributed by atoms with Gasteiger partial charge in [-0.3, -0.25) is 4.79 Å². The minimum Gasteiger partial charge on any atom is -0.481 e. The monoisotopic (exact) mass is 170 g/mol. The Hall–Kier alpha value is -0.860. The number of hydrogen-bond donors (Lipinski definition) is 1. The average molecular weight is 170 g/mol. The van der Waals surface area contributed by atoms with Crippen LogP contribution in [0.25, 0.3) is 0 Å². The van der Waals surface area contributed by atoms with E-state index in [9.17, 15) is 9.59 Å². The van der Waals surface area contributed by atoms with E-state index in [1.54, 1.807) is 0 Å². The number of aliphatic carboxylic acids is 1. The third-order valence-corrected chi connectivity index (χ3v) is 3.15. The molecule has 0 saturated heterocycles. The lowest BCUT2D eigenvalue weighted by atomic mass is 9.54. The molecule has 3 nitrogen and oxygen atoms in total. The summed E-state index contributed by atoms with van der Waals surface area (Å²) in [6, 6.07) is 0. The molecule has 0 unspecified atom stereocenters. The zero-order chi connectivity index (χ0) is 9.35. The first-order valence-corrected chi connectivity index (χ1v) is 4.16. The highest BCUT2D eigenvalue weighted by atomic mass is 16.4. The minimum absolute atomic E-state index is 0.202. The topological polar surface area (TPSA) is 54.4 Å². The van der Waals surface area contributed by atoms with Gasteiger partial charge in [0.15, 0.2) is 0 Å². The van der Waals surface area contributed by atoms with Crippen molar-refractivity contribution < 1.29 is 14.7 Å². The van der Waals surface area contributed by atoms with Gasteiger partial charge in [0.1, 0.15) is 6.29 Å². The minimum atomic E-state index is -0.734. The van der Waals surface area contributed by atoms with Crippen LogP contribution in [0.5, 0.6) is 0 Å². The first-order valence-electron chi connectivity index (χ1n) is 4.16. The molecule has 12 heavy (non-hydrogen) atoms. The Kier molecular flexibility index (Phi) is 2.22. The summed E-state index contributed by atoms with van der Waals surface area (Å²) in [5.41, 5.74) is -0.202. The Balaban J connectivity index is 2.59. The smallest absolute Gasteiger partial charge is 0.307 e. The molecule has 0 amide bonds. The van der Waals surface area contributed by atoms with Crippen molar-refractivity contribution in [2.45, 2.75) is 26.7 Å². The zero-order valence-corrected chi connectivity index (χ0v) is 7.41. The van der Waals surface area contributed by atoms with E-state index >= 15 is 0 Å². The van der Waals surface area contributed by atoms with Crippen LogP contribution in [0.2, 0.25) is 0 Å². The number of rotatable bonds is 3. The summed E-state index contributed by atoms with van der Waals surface area (Å²) in [7, 11) is 0. The van der Waals surface area contributed by atoms with Crippen LogP contribution >= 0.6 is 0 Å². The van der Waals surface area contributed by atoms with Crippen LogP contribution in [0, 0.1) is 17.3 Å². The number of hydrogen-bond acceptors (Lipinski definition) is 2. The summed E-state index contributed by atoms with van der Waals surface area (Å²) in [5, 5.41) is 8.77. The van der Waals surface area contributed by atoms with Crippen molar-refractivity contribution in [2.24, 2.45) is 17.3 Å². The highest BCUT2D eigenvalue weighted by molar-refractivity contribution is 5.72. The SMILES string of the molecule is CC1(C)[C@@H](CC=O)C[C@H]1C(=O)O. The lowest BCUT2D eigenvalue weighted by molar-refractivity contribution is -0.159. The van der Waals surface area contributed by atoms with E-state index in [4.69, 9.17) is 5.11 Å². The van der Waals surface area contributed by atoms with Gasteiger partial charge in [-0.1, -0.05) is 13.8 Å². The summed E-state index contributed by atoms with van der Waals surface area (Å²) in [4.78, 5) is 20.9. The predicted octanol–water partition coefficient (Wildman–Crippen LogP) is 1.32. The van der Waals surface area contributed by atoms with E-state index in [2.05, 4.69) is 0 Å². The molecular weight excluding hydrogens is 156 g/mol. The molecule has 0 bridgehead atoms. The Morgan fingerprint density at radius 1 is 1.67 bits per heavy atom. The largest absolute Gasteiger partial charge is 0.481 e. The zero-order valence-electron chi connectivity index (χ0n) is 7.41. The Labute approximate surface area is 71.8 Å². The quantitative estimate of drug-likeness (QED) is 0.650. The highest BCUT2D eigenvalue weighted by Crippen LogP contribution is 2.52. The van der Waals surface area contributed by atoms with Gasteiger partial charge in [0.2, 0.25) is 0 Å². The van der Waals surface area contributed by atoms with Gasteiger partial charge in [-0.05, 0) is 17.8 Å². The molecule has 1 saturated carbocycles. The van der Waals surface area contributed by atoms with Gasteiger partial charge in [0.05, 0.1) is 5.92 Å². The van der Waals surface area contributed by atoms with Gasteiger partial charge in [-0.2, -0.15) is 0 Å². The number of aldehydes is 1. The van der Waals surface area contributed by atoms with Crippen LogP contribution in [0.1, 0.15) is 26.7 Å². The van der Waals surface area contributed by atoms with Gasteiger partial charge < -0.3 is 9.90 Å². The van der Waals surface area contributed by atoms with Gasteiger partial charge >= 0.3 is 5.97 Å². The van der Waals surface area contributed by atoms with Crippen LogP contribution < -0.4 is 0 Å². The first kappa shape index (κ1) is 9.23. The molecule has 68 valence electrons. The molecule has 1 fully saturated rings.